The highest BCUT2D eigenvalue weighted by Crippen LogP contribution is 2.29. The van der Waals surface area contributed by atoms with Gasteiger partial charge in [0.25, 0.3) is 0 Å². The van der Waals surface area contributed by atoms with Gasteiger partial charge in [0.05, 0.1) is 20.3 Å². The molecule has 0 aliphatic carbocycles. The van der Waals surface area contributed by atoms with Crippen molar-refractivity contribution in [2.75, 3.05) is 26.8 Å². The Morgan fingerprint density at radius 1 is 1.03 bits per heavy atom. The fourth-order valence-electron chi connectivity index (χ4n) is 2.75. The molecule has 0 fully saturated rings. The molecule has 1 aromatic rings. The number of rotatable bonds is 4. The summed E-state index contributed by atoms with van der Waals surface area (Å²) in [6.45, 7) is 16.3. The SMILES string of the molecule is CC.CC.CCOC(=O)C1=C(c2ccc(OC)cc2)CN(C(=O)OC(C)(C)C)CC1. The number of hydrogen-bond acceptors (Lipinski definition) is 5. The van der Waals surface area contributed by atoms with Gasteiger partial charge in [0.2, 0.25) is 0 Å². The van der Waals surface area contributed by atoms with Crippen molar-refractivity contribution in [3.05, 3.63) is 35.4 Å². The molecule has 0 spiro atoms. The predicted molar refractivity (Wildman–Crippen MR) is 122 cm³/mol. The summed E-state index contributed by atoms with van der Waals surface area (Å²) in [6.07, 6.45) is 0.0471. The molecule has 1 amide bonds. The molecule has 0 saturated heterocycles. The Hall–Kier alpha value is -2.50. The summed E-state index contributed by atoms with van der Waals surface area (Å²) in [4.78, 5) is 26.4. The zero-order valence-corrected chi connectivity index (χ0v) is 20.1. The smallest absolute Gasteiger partial charge is 0.410 e. The molecule has 0 radical (unpaired) electrons. The quantitative estimate of drug-likeness (QED) is 0.583. The summed E-state index contributed by atoms with van der Waals surface area (Å²) in [7, 11) is 1.60. The summed E-state index contributed by atoms with van der Waals surface area (Å²) in [5, 5.41) is 0. The molecule has 1 aliphatic heterocycles. The van der Waals surface area contributed by atoms with Crippen molar-refractivity contribution in [3.63, 3.8) is 0 Å². The third-order valence-electron chi connectivity index (χ3n) is 3.96. The maximum atomic E-state index is 12.4. The molecule has 0 bridgehead atoms. The van der Waals surface area contributed by atoms with Crippen LogP contribution in [0.2, 0.25) is 0 Å². The molecule has 0 N–H and O–H groups in total. The van der Waals surface area contributed by atoms with Crippen LogP contribution in [0.25, 0.3) is 5.57 Å². The van der Waals surface area contributed by atoms with E-state index in [1.807, 2.05) is 72.7 Å². The molecule has 6 heteroatoms. The van der Waals surface area contributed by atoms with Crippen LogP contribution in [0.3, 0.4) is 0 Å². The van der Waals surface area contributed by atoms with Crippen LogP contribution in [0.5, 0.6) is 5.75 Å². The molecule has 30 heavy (non-hydrogen) atoms. The zero-order valence-electron chi connectivity index (χ0n) is 20.1. The largest absolute Gasteiger partial charge is 0.497 e. The van der Waals surface area contributed by atoms with Gasteiger partial charge in [-0.05, 0) is 57.4 Å². The zero-order chi connectivity index (χ0) is 23.3. The number of benzene rings is 1. The van der Waals surface area contributed by atoms with E-state index in [1.165, 1.54) is 0 Å². The standard InChI is InChI=1S/C20H27NO5.2C2H6/c1-6-25-18(22)16-11-12-21(19(23)26-20(2,3)4)13-17(16)14-7-9-15(24-5)10-8-14;2*1-2/h7-10H,6,11-13H2,1-5H3;2*1-2H3. The van der Waals surface area contributed by atoms with E-state index >= 15 is 0 Å². The molecule has 1 heterocycles. The van der Waals surface area contributed by atoms with Crippen LogP contribution >= 0.6 is 0 Å². The third kappa shape index (κ3) is 8.47. The molecule has 0 atom stereocenters. The van der Waals surface area contributed by atoms with Gasteiger partial charge in [0.15, 0.2) is 0 Å². The van der Waals surface area contributed by atoms with Gasteiger partial charge in [-0.15, -0.1) is 0 Å². The van der Waals surface area contributed by atoms with Crippen molar-refractivity contribution in [1.82, 2.24) is 4.90 Å². The van der Waals surface area contributed by atoms with Gasteiger partial charge in [-0.2, -0.15) is 0 Å². The average molecular weight is 422 g/mol. The molecule has 2 rings (SSSR count). The van der Waals surface area contributed by atoms with Crippen molar-refractivity contribution in [2.24, 2.45) is 0 Å². The molecule has 0 saturated carbocycles. The van der Waals surface area contributed by atoms with Gasteiger partial charge in [-0.3, -0.25) is 0 Å². The Morgan fingerprint density at radius 2 is 1.60 bits per heavy atom. The maximum Gasteiger partial charge on any atom is 0.410 e. The molecule has 6 nitrogen and oxygen atoms in total. The van der Waals surface area contributed by atoms with Crippen molar-refractivity contribution in [1.29, 1.82) is 0 Å². The first-order chi connectivity index (χ1) is 14.2. The lowest BCUT2D eigenvalue weighted by Gasteiger charge is -2.32. The van der Waals surface area contributed by atoms with Crippen LogP contribution in [0.4, 0.5) is 4.79 Å². The van der Waals surface area contributed by atoms with Gasteiger partial charge in [-0.1, -0.05) is 39.8 Å². The number of esters is 1. The lowest BCUT2D eigenvalue weighted by atomic mass is 9.94. The van der Waals surface area contributed by atoms with Crippen LogP contribution in [0.1, 0.15) is 67.4 Å². The van der Waals surface area contributed by atoms with E-state index in [0.29, 0.717) is 31.7 Å². The predicted octanol–water partition coefficient (Wildman–Crippen LogP) is 5.71. The highest BCUT2D eigenvalue weighted by molar-refractivity contribution is 5.99. The Bertz CT molecular complexity index is 687. The second-order valence-electron chi connectivity index (χ2n) is 7.06. The van der Waals surface area contributed by atoms with Crippen molar-refractivity contribution in [2.45, 2.75) is 67.4 Å². The number of methoxy groups -OCH3 is 1. The molecule has 170 valence electrons. The van der Waals surface area contributed by atoms with Crippen molar-refractivity contribution in [3.8, 4) is 5.75 Å². The summed E-state index contributed by atoms with van der Waals surface area (Å²) >= 11 is 0. The second-order valence-corrected chi connectivity index (χ2v) is 7.06. The van der Waals surface area contributed by atoms with E-state index in [1.54, 1.807) is 18.9 Å². The van der Waals surface area contributed by atoms with Crippen LogP contribution in [-0.2, 0) is 14.3 Å². The number of carbonyl (C=O) groups is 2. The highest BCUT2D eigenvalue weighted by atomic mass is 16.6. The van der Waals surface area contributed by atoms with E-state index in [9.17, 15) is 9.59 Å². The molecular formula is C24H39NO5. The van der Waals surface area contributed by atoms with Gasteiger partial charge < -0.3 is 19.1 Å². The van der Waals surface area contributed by atoms with Gasteiger partial charge in [0, 0.05) is 12.1 Å². The molecule has 1 aliphatic rings. The molecule has 0 aromatic heterocycles. The van der Waals surface area contributed by atoms with E-state index in [-0.39, 0.29) is 12.1 Å². The summed E-state index contributed by atoms with van der Waals surface area (Å²) in [6, 6.07) is 7.42. The van der Waals surface area contributed by atoms with Crippen LogP contribution in [0.15, 0.2) is 29.8 Å². The first-order valence-corrected chi connectivity index (χ1v) is 10.8. The van der Waals surface area contributed by atoms with Gasteiger partial charge in [-0.25, -0.2) is 9.59 Å². The molecule has 1 aromatic carbocycles. The van der Waals surface area contributed by atoms with Gasteiger partial charge >= 0.3 is 12.1 Å². The second kappa shape index (κ2) is 13.7. The van der Waals surface area contributed by atoms with E-state index in [0.717, 1.165) is 16.9 Å². The number of carbonyl (C=O) groups excluding carboxylic acids is 2. The minimum Gasteiger partial charge on any atom is -0.497 e. The lowest BCUT2D eigenvalue weighted by molar-refractivity contribution is -0.138. The summed E-state index contributed by atoms with van der Waals surface area (Å²) < 4.78 is 15.9. The summed E-state index contributed by atoms with van der Waals surface area (Å²) in [5.74, 6) is 0.397. The Morgan fingerprint density at radius 3 is 2.07 bits per heavy atom. The Labute approximate surface area is 182 Å². The maximum absolute atomic E-state index is 12.4. The van der Waals surface area contributed by atoms with Crippen LogP contribution in [-0.4, -0.2) is 49.4 Å². The third-order valence-corrected chi connectivity index (χ3v) is 3.96. The monoisotopic (exact) mass is 421 g/mol. The number of amides is 1. The fraction of sp³-hybridized carbons (Fsp3) is 0.583. The Balaban J connectivity index is 0.00000198. The highest BCUT2D eigenvalue weighted by Gasteiger charge is 2.30. The van der Waals surface area contributed by atoms with Crippen molar-refractivity contribution >= 4 is 17.6 Å². The number of nitrogens with zero attached hydrogens (tertiary/aromatic N) is 1. The first-order valence-electron chi connectivity index (χ1n) is 10.8. The normalized spacial score (nSPS) is 13.3. The summed E-state index contributed by atoms with van der Waals surface area (Å²) in [5.41, 5.74) is 1.69. The average Bonchev–Trinajstić information content (AvgIpc) is 2.75. The molecular weight excluding hydrogens is 382 g/mol. The number of ether oxygens (including phenoxy) is 3. The van der Waals surface area contributed by atoms with Crippen LogP contribution in [0, 0.1) is 0 Å². The van der Waals surface area contributed by atoms with Crippen molar-refractivity contribution < 1.29 is 23.8 Å². The van der Waals surface area contributed by atoms with E-state index in [2.05, 4.69) is 0 Å². The Kier molecular flexibility index (Phi) is 12.5. The number of hydrogen-bond donors (Lipinski definition) is 0. The lowest BCUT2D eigenvalue weighted by Crippen LogP contribution is -2.41. The van der Waals surface area contributed by atoms with Gasteiger partial charge in [0.1, 0.15) is 11.4 Å². The van der Waals surface area contributed by atoms with E-state index in [4.69, 9.17) is 14.2 Å². The minimum absolute atomic E-state index is 0.301. The topological polar surface area (TPSA) is 65.1 Å². The molecule has 0 unspecified atom stereocenters. The van der Waals surface area contributed by atoms with Crippen LogP contribution < -0.4 is 4.74 Å². The first kappa shape index (κ1) is 27.5. The fourth-order valence-corrected chi connectivity index (χ4v) is 2.75. The van der Waals surface area contributed by atoms with E-state index < -0.39 is 5.60 Å². The minimum atomic E-state index is -0.567.